The zero-order chi connectivity index (χ0) is 17.9. The first-order valence-electron chi connectivity index (χ1n) is 8.36. The standard InChI is InChI=1S/C19H18N6O/c1-3-15(12-8-10-13(26-2)11-9-12)22-24-19-21-18-17(23-25-19)14-6-4-5-7-16(14)20-18/h4-11H,3H2,1-2H3,(H2,20,21,24,25). The number of ether oxygens (including phenoxy) is 1. The summed E-state index contributed by atoms with van der Waals surface area (Å²) in [5.41, 5.74) is 7.24. The normalized spacial score (nSPS) is 11.8. The number of rotatable bonds is 5. The molecule has 0 spiro atoms. The van der Waals surface area contributed by atoms with Crippen LogP contribution in [0.3, 0.4) is 0 Å². The number of fused-ring (bicyclic) bond motifs is 3. The summed E-state index contributed by atoms with van der Waals surface area (Å²) in [7, 11) is 1.65. The van der Waals surface area contributed by atoms with Crippen molar-refractivity contribution in [3.63, 3.8) is 0 Å². The molecule has 4 aromatic rings. The zero-order valence-corrected chi connectivity index (χ0v) is 14.5. The van der Waals surface area contributed by atoms with Gasteiger partial charge in [0.25, 0.3) is 5.95 Å². The van der Waals surface area contributed by atoms with Crippen molar-refractivity contribution in [3.05, 3.63) is 54.1 Å². The number of hydrazone groups is 1. The Balaban J connectivity index is 1.62. The lowest BCUT2D eigenvalue weighted by molar-refractivity contribution is 0.415. The van der Waals surface area contributed by atoms with Crippen LogP contribution >= 0.6 is 0 Å². The predicted octanol–water partition coefficient (Wildman–Crippen LogP) is 3.74. The predicted molar refractivity (Wildman–Crippen MR) is 103 cm³/mol. The number of methoxy groups -OCH3 is 1. The Kier molecular flexibility index (Phi) is 4.18. The van der Waals surface area contributed by atoms with Gasteiger partial charge in [0.05, 0.1) is 12.8 Å². The Bertz CT molecular complexity index is 1080. The van der Waals surface area contributed by atoms with E-state index in [0.717, 1.165) is 39.9 Å². The van der Waals surface area contributed by atoms with E-state index in [9.17, 15) is 0 Å². The van der Waals surface area contributed by atoms with E-state index in [-0.39, 0.29) is 0 Å². The second-order valence-corrected chi connectivity index (χ2v) is 5.76. The summed E-state index contributed by atoms with van der Waals surface area (Å²) in [5, 5.41) is 13.9. The monoisotopic (exact) mass is 346 g/mol. The summed E-state index contributed by atoms with van der Waals surface area (Å²) in [6.07, 6.45) is 0.765. The number of nitrogens with one attached hydrogen (secondary N) is 2. The average Bonchev–Trinajstić information content (AvgIpc) is 3.06. The van der Waals surface area contributed by atoms with Crippen LogP contribution in [0.4, 0.5) is 5.95 Å². The molecule has 0 fully saturated rings. The van der Waals surface area contributed by atoms with E-state index in [1.807, 2.05) is 55.5 Å². The van der Waals surface area contributed by atoms with Gasteiger partial charge in [0.1, 0.15) is 11.3 Å². The van der Waals surface area contributed by atoms with E-state index in [2.05, 4.69) is 30.7 Å². The third kappa shape index (κ3) is 2.95. The van der Waals surface area contributed by atoms with Crippen molar-refractivity contribution < 1.29 is 4.74 Å². The average molecular weight is 346 g/mol. The first kappa shape index (κ1) is 16.0. The second kappa shape index (κ2) is 6.79. The summed E-state index contributed by atoms with van der Waals surface area (Å²) in [5.74, 6) is 1.16. The van der Waals surface area contributed by atoms with Gasteiger partial charge >= 0.3 is 0 Å². The topological polar surface area (TPSA) is 88.1 Å². The molecule has 2 aromatic heterocycles. The highest BCUT2D eigenvalue weighted by Gasteiger charge is 2.08. The molecule has 0 atom stereocenters. The Morgan fingerprint density at radius 2 is 1.92 bits per heavy atom. The number of hydrogen-bond donors (Lipinski definition) is 2. The fraction of sp³-hybridized carbons (Fsp3) is 0.158. The molecule has 0 bridgehead atoms. The largest absolute Gasteiger partial charge is 0.497 e. The summed E-state index contributed by atoms with van der Waals surface area (Å²) < 4.78 is 5.19. The number of aromatic nitrogens is 4. The molecule has 0 aliphatic carbocycles. The van der Waals surface area contributed by atoms with Gasteiger partial charge in [-0.1, -0.05) is 25.1 Å². The number of nitrogens with zero attached hydrogens (tertiary/aromatic N) is 4. The number of hydrogen-bond acceptors (Lipinski definition) is 6. The molecular formula is C19H18N6O. The molecule has 7 nitrogen and oxygen atoms in total. The van der Waals surface area contributed by atoms with Crippen LogP contribution in [0.1, 0.15) is 18.9 Å². The summed E-state index contributed by atoms with van der Waals surface area (Å²) in [6.45, 7) is 2.05. The highest BCUT2D eigenvalue weighted by molar-refractivity contribution is 6.03. The molecule has 2 N–H and O–H groups in total. The quantitative estimate of drug-likeness (QED) is 0.424. The molecule has 2 aromatic carbocycles. The molecule has 0 radical (unpaired) electrons. The maximum absolute atomic E-state index is 5.19. The van der Waals surface area contributed by atoms with E-state index in [1.165, 1.54) is 0 Å². The van der Waals surface area contributed by atoms with Crippen molar-refractivity contribution in [1.82, 2.24) is 20.2 Å². The van der Waals surface area contributed by atoms with E-state index < -0.39 is 0 Å². The molecule has 0 aliphatic heterocycles. The van der Waals surface area contributed by atoms with Crippen LogP contribution in [-0.4, -0.2) is 33.0 Å². The molecule has 0 amide bonds. The number of para-hydroxylation sites is 1. The Hall–Kier alpha value is -3.48. The van der Waals surface area contributed by atoms with Gasteiger partial charge in [-0.05, 0) is 42.3 Å². The van der Waals surface area contributed by atoms with Gasteiger partial charge in [-0.2, -0.15) is 10.1 Å². The fourth-order valence-electron chi connectivity index (χ4n) is 2.82. The molecule has 2 heterocycles. The zero-order valence-electron chi connectivity index (χ0n) is 14.5. The minimum Gasteiger partial charge on any atom is -0.497 e. The number of aromatic amines is 1. The third-order valence-electron chi connectivity index (χ3n) is 4.17. The van der Waals surface area contributed by atoms with Gasteiger partial charge in [-0.3, -0.25) is 0 Å². The van der Waals surface area contributed by atoms with Crippen molar-refractivity contribution in [1.29, 1.82) is 0 Å². The number of benzene rings is 2. The van der Waals surface area contributed by atoms with Crippen molar-refractivity contribution >= 4 is 33.7 Å². The van der Waals surface area contributed by atoms with Gasteiger partial charge in [0.2, 0.25) is 0 Å². The first-order chi connectivity index (χ1) is 12.8. The van der Waals surface area contributed by atoms with Gasteiger partial charge in [-0.15, -0.1) is 10.2 Å². The highest BCUT2D eigenvalue weighted by Crippen LogP contribution is 2.22. The molecular weight excluding hydrogens is 328 g/mol. The molecule has 0 saturated heterocycles. The minimum atomic E-state index is 0.350. The van der Waals surface area contributed by atoms with Crippen molar-refractivity contribution in [2.45, 2.75) is 13.3 Å². The van der Waals surface area contributed by atoms with Crippen molar-refractivity contribution in [2.24, 2.45) is 5.10 Å². The van der Waals surface area contributed by atoms with Crippen LogP contribution in [0, 0.1) is 0 Å². The number of H-pyrrole nitrogens is 1. The first-order valence-corrected chi connectivity index (χ1v) is 8.36. The van der Waals surface area contributed by atoms with Crippen molar-refractivity contribution in [2.75, 3.05) is 12.5 Å². The van der Waals surface area contributed by atoms with E-state index in [0.29, 0.717) is 11.6 Å². The van der Waals surface area contributed by atoms with Crippen LogP contribution < -0.4 is 10.2 Å². The molecule has 4 rings (SSSR count). The number of anilines is 1. The van der Waals surface area contributed by atoms with Crippen molar-refractivity contribution in [3.8, 4) is 5.75 Å². The molecule has 0 unspecified atom stereocenters. The SMILES string of the molecule is CCC(=NNc1nnc2c(n1)[nH]c1ccccc12)c1ccc(OC)cc1. The maximum atomic E-state index is 5.19. The van der Waals surface area contributed by atoms with E-state index in [4.69, 9.17) is 4.74 Å². The van der Waals surface area contributed by atoms with Crippen LogP contribution in [0.2, 0.25) is 0 Å². The van der Waals surface area contributed by atoms with Crippen LogP contribution in [0.5, 0.6) is 5.75 Å². The lowest BCUT2D eigenvalue weighted by Gasteiger charge is -2.06. The molecule has 0 saturated carbocycles. The summed E-state index contributed by atoms with van der Waals surface area (Å²) in [6, 6.07) is 15.7. The molecule has 26 heavy (non-hydrogen) atoms. The van der Waals surface area contributed by atoms with Crippen LogP contribution in [-0.2, 0) is 0 Å². The second-order valence-electron chi connectivity index (χ2n) is 5.76. The van der Waals surface area contributed by atoms with E-state index >= 15 is 0 Å². The van der Waals surface area contributed by atoms with Gasteiger partial charge in [-0.25, -0.2) is 5.43 Å². The molecule has 130 valence electrons. The van der Waals surface area contributed by atoms with Gasteiger partial charge in [0.15, 0.2) is 5.65 Å². The highest BCUT2D eigenvalue weighted by atomic mass is 16.5. The fourth-order valence-corrected chi connectivity index (χ4v) is 2.82. The van der Waals surface area contributed by atoms with E-state index in [1.54, 1.807) is 7.11 Å². The summed E-state index contributed by atoms with van der Waals surface area (Å²) >= 11 is 0. The Labute approximate surface area is 150 Å². The molecule has 7 heteroatoms. The lowest BCUT2D eigenvalue weighted by atomic mass is 10.1. The smallest absolute Gasteiger partial charge is 0.265 e. The maximum Gasteiger partial charge on any atom is 0.265 e. The minimum absolute atomic E-state index is 0.350. The Morgan fingerprint density at radius 1 is 1.12 bits per heavy atom. The van der Waals surface area contributed by atoms with Gasteiger partial charge in [0, 0.05) is 10.9 Å². The Morgan fingerprint density at radius 3 is 2.69 bits per heavy atom. The molecule has 0 aliphatic rings. The lowest BCUT2D eigenvalue weighted by Crippen LogP contribution is -2.05. The van der Waals surface area contributed by atoms with Crippen LogP contribution in [0.15, 0.2) is 53.6 Å². The summed E-state index contributed by atoms with van der Waals surface area (Å²) in [4.78, 5) is 7.72. The third-order valence-corrected chi connectivity index (χ3v) is 4.17. The van der Waals surface area contributed by atoms with Crippen LogP contribution in [0.25, 0.3) is 22.1 Å². The van der Waals surface area contributed by atoms with Gasteiger partial charge < -0.3 is 9.72 Å².